The number of aromatic nitrogens is 1. The molecule has 0 aliphatic heterocycles. The maximum atomic E-state index is 5.66. The maximum absolute atomic E-state index is 5.66. The van der Waals surface area contributed by atoms with Crippen LogP contribution in [0.1, 0.15) is 31.2 Å². The Bertz CT molecular complexity index is 304. The van der Waals surface area contributed by atoms with E-state index in [2.05, 4.69) is 9.69 Å². The molecule has 1 saturated carbocycles. The second kappa shape index (κ2) is 4.17. The van der Waals surface area contributed by atoms with E-state index in [1.165, 1.54) is 37.2 Å². The molecule has 0 amide bonds. The van der Waals surface area contributed by atoms with Crippen molar-refractivity contribution in [2.75, 3.05) is 17.6 Å². The summed E-state index contributed by atoms with van der Waals surface area (Å²) in [5.41, 5.74) is 6.76. The average Bonchev–Trinajstić information content (AvgIpc) is 2.94. The van der Waals surface area contributed by atoms with Crippen molar-refractivity contribution < 1.29 is 0 Å². The fourth-order valence-corrected chi connectivity index (χ4v) is 2.25. The highest BCUT2D eigenvalue weighted by Crippen LogP contribution is 2.33. The van der Waals surface area contributed by atoms with E-state index in [9.17, 15) is 0 Å². The second-order valence-corrected chi connectivity index (χ2v) is 4.81. The Morgan fingerprint density at radius 3 is 2.93 bits per heavy atom. The van der Waals surface area contributed by atoms with Gasteiger partial charge < -0.3 is 11.1 Å². The smallest absolute Gasteiger partial charge is 0.142 e. The van der Waals surface area contributed by atoms with Crippen LogP contribution in [0.5, 0.6) is 0 Å². The zero-order valence-corrected chi connectivity index (χ0v) is 9.36. The van der Waals surface area contributed by atoms with Crippen molar-refractivity contribution in [2.24, 2.45) is 5.92 Å². The number of nitrogens with one attached hydrogen (secondary N) is 1. The van der Waals surface area contributed by atoms with E-state index in [0.717, 1.165) is 23.0 Å². The van der Waals surface area contributed by atoms with Crippen LogP contribution in [0.25, 0.3) is 0 Å². The molecule has 1 fully saturated rings. The van der Waals surface area contributed by atoms with Gasteiger partial charge in [-0.25, -0.2) is 0 Å². The van der Waals surface area contributed by atoms with Gasteiger partial charge in [-0.1, -0.05) is 12.8 Å². The zero-order chi connectivity index (χ0) is 9.97. The molecule has 2 rings (SSSR count). The van der Waals surface area contributed by atoms with Crippen molar-refractivity contribution in [3.05, 3.63) is 5.56 Å². The summed E-state index contributed by atoms with van der Waals surface area (Å²) in [6.45, 7) is 3.07. The van der Waals surface area contributed by atoms with Gasteiger partial charge >= 0.3 is 0 Å². The Hall–Kier alpha value is -0.770. The molecule has 1 aromatic rings. The first kappa shape index (κ1) is 9.77. The Labute approximate surface area is 88.9 Å². The van der Waals surface area contributed by atoms with Gasteiger partial charge in [0.1, 0.15) is 10.8 Å². The van der Waals surface area contributed by atoms with Gasteiger partial charge in [-0.2, -0.15) is 4.37 Å². The molecule has 1 heterocycles. The van der Waals surface area contributed by atoms with Crippen molar-refractivity contribution in [1.82, 2.24) is 4.37 Å². The normalized spacial score (nSPS) is 15.8. The second-order valence-electron chi connectivity index (χ2n) is 4.03. The van der Waals surface area contributed by atoms with E-state index >= 15 is 0 Å². The topological polar surface area (TPSA) is 50.9 Å². The summed E-state index contributed by atoms with van der Waals surface area (Å²) >= 11 is 1.46. The SMILES string of the molecule is Cc1c(N)nsc1NCCCC1CC1. The summed E-state index contributed by atoms with van der Waals surface area (Å²) < 4.78 is 4.10. The number of nitrogens with two attached hydrogens (primary N) is 1. The van der Waals surface area contributed by atoms with E-state index in [1.807, 2.05) is 6.92 Å². The van der Waals surface area contributed by atoms with Crippen LogP contribution in [0.2, 0.25) is 0 Å². The van der Waals surface area contributed by atoms with E-state index < -0.39 is 0 Å². The number of anilines is 2. The first-order chi connectivity index (χ1) is 6.77. The summed E-state index contributed by atoms with van der Waals surface area (Å²) in [4.78, 5) is 0. The molecule has 14 heavy (non-hydrogen) atoms. The van der Waals surface area contributed by atoms with Gasteiger partial charge in [-0.3, -0.25) is 0 Å². The molecule has 0 radical (unpaired) electrons. The molecular formula is C10H17N3S. The summed E-state index contributed by atoms with van der Waals surface area (Å²) in [7, 11) is 0. The molecule has 0 bridgehead atoms. The van der Waals surface area contributed by atoms with Crippen molar-refractivity contribution in [3.8, 4) is 0 Å². The maximum Gasteiger partial charge on any atom is 0.142 e. The Morgan fingerprint density at radius 1 is 1.57 bits per heavy atom. The third-order valence-corrected chi connectivity index (χ3v) is 3.65. The van der Waals surface area contributed by atoms with Crippen molar-refractivity contribution in [1.29, 1.82) is 0 Å². The minimum atomic E-state index is 0.666. The van der Waals surface area contributed by atoms with Crippen molar-refractivity contribution >= 4 is 22.4 Å². The largest absolute Gasteiger partial charge is 0.383 e. The summed E-state index contributed by atoms with van der Waals surface area (Å²) in [6, 6.07) is 0. The zero-order valence-electron chi connectivity index (χ0n) is 8.55. The lowest BCUT2D eigenvalue weighted by molar-refractivity contribution is 0.688. The van der Waals surface area contributed by atoms with Crippen LogP contribution in [0.15, 0.2) is 0 Å². The van der Waals surface area contributed by atoms with Gasteiger partial charge in [0.15, 0.2) is 0 Å². The van der Waals surface area contributed by atoms with Crippen LogP contribution in [0.4, 0.5) is 10.8 Å². The molecule has 78 valence electrons. The lowest BCUT2D eigenvalue weighted by Crippen LogP contribution is -2.01. The summed E-state index contributed by atoms with van der Waals surface area (Å²) in [5.74, 6) is 1.70. The van der Waals surface area contributed by atoms with Gasteiger partial charge in [0, 0.05) is 12.1 Å². The fraction of sp³-hybridized carbons (Fsp3) is 0.700. The minimum absolute atomic E-state index is 0.666. The molecule has 0 spiro atoms. The monoisotopic (exact) mass is 211 g/mol. The highest BCUT2D eigenvalue weighted by atomic mass is 32.1. The van der Waals surface area contributed by atoms with E-state index in [0.29, 0.717) is 5.82 Å². The molecule has 1 aliphatic carbocycles. The average molecular weight is 211 g/mol. The molecular weight excluding hydrogens is 194 g/mol. The molecule has 0 unspecified atom stereocenters. The molecule has 3 N–H and O–H groups in total. The third-order valence-electron chi connectivity index (χ3n) is 2.73. The highest BCUT2D eigenvalue weighted by Gasteiger charge is 2.20. The van der Waals surface area contributed by atoms with Crippen LogP contribution in [-0.4, -0.2) is 10.9 Å². The van der Waals surface area contributed by atoms with Crippen LogP contribution < -0.4 is 11.1 Å². The van der Waals surface area contributed by atoms with Gasteiger partial charge in [-0.15, -0.1) is 0 Å². The van der Waals surface area contributed by atoms with Gasteiger partial charge in [0.05, 0.1) is 0 Å². The number of nitrogen functional groups attached to an aromatic ring is 1. The Balaban J connectivity index is 1.71. The van der Waals surface area contributed by atoms with Crippen molar-refractivity contribution in [3.63, 3.8) is 0 Å². The van der Waals surface area contributed by atoms with Gasteiger partial charge in [-0.05, 0) is 37.2 Å². The minimum Gasteiger partial charge on any atom is -0.383 e. The third kappa shape index (κ3) is 2.38. The van der Waals surface area contributed by atoms with Crippen LogP contribution in [0.3, 0.4) is 0 Å². The molecule has 1 aliphatic rings. The Morgan fingerprint density at radius 2 is 2.36 bits per heavy atom. The van der Waals surface area contributed by atoms with Crippen LogP contribution in [-0.2, 0) is 0 Å². The van der Waals surface area contributed by atoms with E-state index in [-0.39, 0.29) is 0 Å². The summed E-state index contributed by atoms with van der Waals surface area (Å²) in [5, 5.41) is 4.53. The lowest BCUT2D eigenvalue weighted by Gasteiger charge is -2.03. The molecule has 4 heteroatoms. The molecule has 3 nitrogen and oxygen atoms in total. The summed E-state index contributed by atoms with van der Waals surface area (Å²) in [6.07, 6.45) is 5.54. The highest BCUT2D eigenvalue weighted by molar-refractivity contribution is 7.10. The number of hydrogen-bond donors (Lipinski definition) is 2. The van der Waals surface area contributed by atoms with Crippen LogP contribution in [0, 0.1) is 12.8 Å². The predicted octanol–water partition coefficient (Wildman–Crippen LogP) is 2.64. The van der Waals surface area contributed by atoms with Gasteiger partial charge in [0.2, 0.25) is 0 Å². The molecule has 1 aromatic heterocycles. The predicted molar refractivity (Wildman–Crippen MR) is 61.7 cm³/mol. The molecule has 0 saturated heterocycles. The fourth-order valence-electron chi connectivity index (χ4n) is 1.51. The number of hydrogen-bond acceptors (Lipinski definition) is 4. The number of rotatable bonds is 5. The lowest BCUT2D eigenvalue weighted by atomic mass is 10.2. The molecule has 0 aromatic carbocycles. The van der Waals surface area contributed by atoms with E-state index in [4.69, 9.17) is 5.73 Å². The molecule has 0 atom stereocenters. The first-order valence-electron chi connectivity index (χ1n) is 5.23. The van der Waals surface area contributed by atoms with Crippen molar-refractivity contribution in [2.45, 2.75) is 32.6 Å². The number of nitrogens with zero attached hydrogens (tertiary/aromatic N) is 1. The van der Waals surface area contributed by atoms with E-state index in [1.54, 1.807) is 0 Å². The quantitative estimate of drug-likeness (QED) is 0.736. The standard InChI is InChI=1S/C10H17N3S/c1-7-9(11)13-14-10(7)12-6-2-3-8-4-5-8/h8,12H,2-6H2,1H3,(H2,11,13). The first-order valence-corrected chi connectivity index (χ1v) is 6.00. The van der Waals surface area contributed by atoms with Crippen LogP contribution >= 0.6 is 11.5 Å². The Kier molecular flexibility index (Phi) is 2.91. The van der Waals surface area contributed by atoms with Gasteiger partial charge in [0.25, 0.3) is 0 Å².